The number of aliphatic hydroxyl groups excluding tert-OH is 1. The van der Waals surface area contributed by atoms with Gasteiger partial charge in [0.25, 0.3) is 0 Å². The number of thiophene rings is 1. The average Bonchev–Trinajstić information content (AvgIpc) is 3.44. The van der Waals surface area contributed by atoms with Crippen LogP contribution >= 0.6 is 22.9 Å². The molecule has 0 spiro atoms. The number of ketones is 1. The molecular formula is C24H23ClF2N4O6S2. The van der Waals surface area contributed by atoms with Gasteiger partial charge in [-0.05, 0) is 48.6 Å². The Kier molecular flexibility index (Phi) is 7.97. The smallest absolute Gasteiger partial charge is 0.333 e. The molecule has 39 heavy (non-hydrogen) atoms. The van der Waals surface area contributed by atoms with Crippen molar-refractivity contribution in [2.24, 2.45) is 11.1 Å². The van der Waals surface area contributed by atoms with Crippen molar-refractivity contribution in [2.75, 3.05) is 18.5 Å². The van der Waals surface area contributed by atoms with Crippen molar-refractivity contribution >= 4 is 44.8 Å². The van der Waals surface area contributed by atoms with Gasteiger partial charge >= 0.3 is 10.3 Å². The van der Waals surface area contributed by atoms with Gasteiger partial charge in [-0.15, -0.1) is 11.3 Å². The molecule has 3 aromatic rings. The Morgan fingerprint density at radius 1 is 1.26 bits per heavy atom. The van der Waals surface area contributed by atoms with Crippen molar-refractivity contribution in [3.63, 3.8) is 0 Å². The number of aromatic nitrogens is 2. The van der Waals surface area contributed by atoms with E-state index in [-0.39, 0.29) is 46.3 Å². The van der Waals surface area contributed by atoms with E-state index in [0.717, 1.165) is 23.5 Å². The first-order chi connectivity index (χ1) is 18.5. The lowest BCUT2D eigenvalue weighted by atomic mass is 9.93. The lowest BCUT2D eigenvalue weighted by Crippen LogP contribution is -2.24. The summed E-state index contributed by atoms with van der Waals surface area (Å²) in [6.45, 7) is 0.00237. The molecule has 0 radical (unpaired) electrons. The molecule has 1 aliphatic heterocycles. The van der Waals surface area contributed by atoms with Crippen LogP contribution < -0.4 is 10.5 Å². The largest absolute Gasteiger partial charge is 0.393 e. The molecule has 15 heteroatoms. The van der Waals surface area contributed by atoms with E-state index in [2.05, 4.69) is 19.5 Å². The third kappa shape index (κ3) is 6.11. The second kappa shape index (κ2) is 11.1. The minimum absolute atomic E-state index is 0.152. The highest BCUT2D eigenvalue weighted by Crippen LogP contribution is 2.41. The van der Waals surface area contributed by atoms with E-state index in [1.165, 1.54) is 12.5 Å². The SMILES string of the molecule is NS(=O)(=O)OC[C@H]1C[C@@H](Nc2ncncc2C(=O)c2cc([C@H]3OCCc4cc(F)c(F)cc43)c(Cl)s2)C[C@@H]1O. The van der Waals surface area contributed by atoms with Crippen LogP contribution in [0.3, 0.4) is 0 Å². The van der Waals surface area contributed by atoms with Crippen LogP contribution in [0.2, 0.25) is 4.34 Å². The second-order valence-electron chi connectivity index (χ2n) is 9.34. The predicted molar refractivity (Wildman–Crippen MR) is 138 cm³/mol. The van der Waals surface area contributed by atoms with Crippen LogP contribution in [-0.4, -0.2) is 54.6 Å². The molecule has 0 unspecified atom stereocenters. The normalized spacial score (nSPS) is 23.0. The molecule has 3 heterocycles. The monoisotopic (exact) mass is 600 g/mol. The van der Waals surface area contributed by atoms with Crippen molar-refractivity contribution < 1.29 is 36.0 Å². The summed E-state index contributed by atoms with van der Waals surface area (Å²) in [4.78, 5) is 21.9. The first kappa shape index (κ1) is 28.0. The Balaban J connectivity index is 1.36. The van der Waals surface area contributed by atoms with E-state index in [1.54, 1.807) is 6.07 Å². The van der Waals surface area contributed by atoms with Crippen molar-refractivity contribution in [2.45, 2.75) is 37.5 Å². The van der Waals surface area contributed by atoms with Gasteiger partial charge in [0, 0.05) is 23.7 Å². The van der Waals surface area contributed by atoms with Crippen LogP contribution in [0.5, 0.6) is 0 Å². The number of halogens is 3. The summed E-state index contributed by atoms with van der Waals surface area (Å²) >= 11 is 7.51. The fourth-order valence-electron chi connectivity index (χ4n) is 4.89. The molecule has 208 valence electrons. The summed E-state index contributed by atoms with van der Waals surface area (Å²) in [5.74, 6) is -2.63. The fraction of sp³-hybridized carbons (Fsp3) is 0.375. The third-order valence-electron chi connectivity index (χ3n) is 6.74. The number of nitrogens with one attached hydrogen (secondary N) is 1. The number of hydrogen-bond acceptors (Lipinski definition) is 10. The van der Waals surface area contributed by atoms with Gasteiger partial charge in [0.1, 0.15) is 18.2 Å². The van der Waals surface area contributed by atoms with Crippen LogP contribution in [0.15, 0.2) is 30.7 Å². The van der Waals surface area contributed by atoms with Crippen LogP contribution in [0.4, 0.5) is 14.6 Å². The maximum atomic E-state index is 14.0. The molecule has 1 fully saturated rings. The van der Waals surface area contributed by atoms with Crippen molar-refractivity contribution in [1.82, 2.24) is 9.97 Å². The number of carbonyl (C=O) groups is 1. The number of ether oxygens (including phenoxy) is 1. The zero-order valence-electron chi connectivity index (χ0n) is 20.1. The van der Waals surface area contributed by atoms with Gasteiger partial charge in [-0.1, -0.05) is 11.6 Å². The number of benzene rings is 1. The second-order valence-corrected chi connectivity index (χ2v) is 12.2. The van der Waals surface area contributed by atoms with Crippen LogP contribution in [-0.2, 0) is 25.6 Å². The van der Waals surface area contributed by atoms with E-state index < -0.39 is 45.8 Å². The van der Waals surface area contributed by atoms with E-state index >= 15 is 0 Å². The van der Waals surface area contributed by atoms with E-state index in [0.29, 0.717) is 29.5 Å². The molecule has 5 rings (SSSR count). The van der Waals surface area contributed by atoms with E-state index in [4.69, 9.17) is 21.5 Å². The first-order valence-corrected chi connectivity index (χ1v) is 14.5. The minimum atomic E-state index is -4.14. The molecule has 1 aliphatic carbocycles. The number of aliphatic hydroxyl groups is 1. The van der Waals surface area contributed by atoms with Crippen molar-refractivity contribution in [1.29, 1.82) is 0 Å². The van der Waals surface area contributed by atoms with Gasteiger partial charge in [0.05, 0.1) is 34.1 Å². The molecule has 4 atom stereocenters. The predicted octanol–water partition coefficient (Wildman–Crippen LogP) is 3.13. The highest BCUT2D eigenvalue weighted by molar-refractivity contribution is 7.84. The molecule has 4 N–H and O–H groups in total. The van der Waals surface area contributed by atoms with Crippen LogP contribution in [0.25, 0.3) is 0 Å². The van der Waals surface area contributed by atoms with Gasteiger partial charge in [0.2, 0.25) is 5.78 Å². The molecule has 1 aromatic carbocycles. The molecule has 1 saturated carbocycles. The molecule has 10 nitrogen and oxygen atoms in total. The number of anilines is 1. The summed E-state index contributed by atoms with van der Waals surface area (Å²) in [6.07, 6.45) is 2.02. The van der Waals surface area contributed by atoms with Crippen molar-refractivity contribution in [3.8, 4) is 0 Å². The van der Waals surface area contributed by atoms with E-state index in [9.17, 15) is 27.1 Å². The lowest BCUT2D eigenvalue weighted by molar-refractivity contribution is 0.0696. The molecular weight excluding hydrogens is 578 g/mol. The van der Waals surface area contributed by atoms with Crippen LogP contribution in [0, 0.1) is 17.6 Å². The topological polar surface area (TPSA) is 154 Å². The number of nitrogens with zero attached hydrogens (tertiary/aromatic N) is 2. The van der Waals surface area contributed by atoms with Crippen LogP contribution in [0.1, 0.15) is 50.9 Å². The number of rotatable bonds is 8. The Bertz CT molecular complexity index is 1520. The summed E-state index contributed by atoms with van der Waals surface area (Å²) < 4.78 is 60.7. The highest BCUT2D eigenvalue weighted by atomic mass is 35.5. The Hall–Kier alpha value is -2.59. The lowest BCUT2D eigenvalue weighted by Gasteiger charge is -2.26. The molecule has 0 amide bonds. The molecule has 2 aliphatic rings. The van der Waals surface area contributed by atoms with Gasteiger partial charge in [-0.3, -0.25) is 8.98 Å². The zero-order valence-corrected chi connectivity index (χ0v) is 22.5. The molecule has 0 saturated heterocycles. The standard InChI is InChI=1S/C24H23ClF2N4O6S2/c25-23-15(22-14-6-18(27)17(26)4-11(14)1-2-36-22)7-20(38-23)21(33)16-8-29-10-30-24(16)31-13-3-12(19(32)5-13)9-37-39(28,34)35/h4,6-8,10,12-13,19,22,32H,1-3,5,9H2,(H2,28,34,35)(H,29,30,31)/t12-,13-,19+,22+/m1/s1. The van der Waals surface area contributed by atoms with E-state index in [1.807, 2.05) is 0 Å². The van der Waals surface area contributed by atoms with Gasteiger partial charge < -0.3 is 15.2 Å². The summed E-state index contributed by atoms with van der Waals surface area (Å²) in [6, 6.07) is 3.47. The quantitative estimate of drug-likeness (QED) is 0.331. The summed E-state index contributed by atoms with van der Waals surface area (Å²) in [5, 5.41) is 18.3. The fourth-order valence-corrected chi connectivity index (χ4v) is 6.52. The molecule has 0 bridgehead atoms. The molecule has 2 aromatic heterocycles. The highest BCUT2D eigenvalue weighted by Gasteiger charge is 2.35. The number of carbonyl (C=O) groups excluding carboxylic acids is 1. The summed E-state index contributed by atoms with van der Waals surface area (Å²) in [7, 11) is -4.14. The first-order valence-electron chi connectivity index (χ1n) is 11.8. The number of fused-ring (bicyclic) bond motifs is 1. The zero-order chi connectivity index (χ0) is 27.9. The maximum absolute atomic E-state index is 14.0. The van der Waals surface area contributed by atoms with Crippen molar-refractivity contribution in [3.05, 3.63) is 73.8 Å². The average molecular weight is 601 g/mol. The number of hydrogen-bond donors (Lipinski definition) is 3. The number of nitrogens with two attached hydrogens (primary N) is 1. The Morgan fingerprint density at radius 3 is 2.79 bits per heavy atom. The summed E-state index contributed by atoms with van der Waals surface area (Å²) in [5.41, 5.74) is 1.67. The maximum Gasteiger partial charge on any atom is 0.333 e. The Labute approximate surface area is 231 Å². The van der Waals surface area contributed by atoms with Gasteiger partial charge in [-0.2, -0.15) is 8.42 Å². The van der Waals surface area contributed by atoms with Gasteiger partial charge in [0.15, 0.2) is 11.6 Å². The third-order valence-corrected chi connectivity index (χ3v) is 8.59. The Morgan fingerprint density at radius 2 is 2.03 bits per heavy atom. The minimum Gasteiger partial charge on any atom is -0.393 e. The van der Waals surface area contributed by atoms with Gasteiger partial charge in [-0.25, -0.2) is 23.9 Å².